The number of alkyl carbamates (subject to hydrolysis) is 1. The zero-order chi connectivity index (χ0) is 25.6. The summed E-state index contributed by atoms with van der Waals surface area (Å²) >= 11 is 0. The Hall–Kier alpha value is -3.39. The lowest BCUT2D eigenvalue weighted by Gasteiger charge is -2.24. The molecule has 0 spiro atoms. The number of benzene rings is 2. The van der Waals surface area contributed by atoms with Gasteiger partial charge in [0.05, 0.1) is 6.61 Å². The number of fused-ring (bicyclic) bond motifs is 3. The minimum absolute atomic E-state index is 0.0795. The Kier molecular flexibility index (Phi) is 8.51. The van der Waals surface area contributed by atoms with Gasteiger partial charge in [0.2, 0.25) is 5.91 Å². The number of carboxylic acids is 1. The number of carbonyl (C=O) groups is 3. The standard InChI is InChI=1S/C27H34N2O6/c1-27(2,3)14-13-22(25(31)32)28-24(30)23(16-34-4)29-26(33)35-15-21-19-11-7-5-9-17(19)18-10-6-8-12-20(18)21/h5-12,21-23H,13-16H2,1-4H3,(H,28,30)(H,29,33)(H,31,32). The molecule has 0 heterocycles. The molecular weight excluding hydrogens is 448 g/mol. The summed E-state index contributed by atoms with van der Waals surface area (Å²) in [6, 6.07) is 13.8. The first-order chi connectivity index (χ1) is 16.6. The number of carboxylic acid groups (broad SMARTS) is 1. The van der Waals surface area contributed by atoms with Crippen molar-refractivity contribution in [1.82, 2.24) is 10.6 Å². The van der Waals surface area contributed by atoms with Gasteiger partial charge in [-0.15, -0.1) is 0 Å². The number of rotatable bonds is 10. The Labute approximate surface area is 206 Å². The monoisotopic (exact) mass is 482 g/mol. The fourth-order valence-corrected chi connectivity index (χ4v) is 4.24. The van der Waals surface area contributed by atoms with Crippen LogP contribution in [0.2, 0.25) is 0 Å². The third kappa shape index (κ3) is 6.82. The van der Waals surface area contributed by atoms with Crippen molar-refractivity contribution in [2.75, 3.05) is 20.3 Å². The molecule has 35 heavy (non-hydrogen) atoms. The topological polar surface area (TPSA) is 114 Å². The van der Waals surface area contributed by atoms with Gasteiger partial charge in [-0.3, -0.25) is 4.79 Å². The van der Waals surface area contributed by atoms with Crippen molar-refractivity contribution in [3.63, 3.8) is 0 Å². The summed E-state index contributed by atoms with van der Waals surface area (Å²) in [7, 11) is 1.40. The molecule has 3 N–H and O–H groups in total. The van der Waals surface area contributed by atoms with Crippen molar-refractivity contribution >= 4 is 18.0 Å². The summed E-state index contributed by atoms with van der Waals surface area (Å²) in [4.78, 5) is 37.0. The Morgan fingerprint density at radius 1 is 0.943 bits per heavy atom. The molecule has 2 aromatic rings. The van der Waals surface area contributed by atoms with E-state index >= 15 is 0 Å². The molecule has 0 saturated carbocycles. The quantitative estimate of drug-likeness (QED) is 0.473. The minimum Gasteiger partial charge on any atom is -0.480 e. The largest absolute Gasteiger partial charge is 0.480 e. The van der Waals surface area contributed by atoms with Crippen LogP contribution in [-0.4, -0.2) is 55.5 Å². The van der Waals surface area contributed by atoms with Gasteiger partial charge in [-0.1, -0.05) is 69.3 Å². The molecule has 0 saturated heterocycles. The molecule has 1 aliphatic rings. The molecule has 0 radical (unpaired) electrons. The van der Waals surface area contributed by atoms with Gasteiger partial charge in [-0.05, 0) is 40.5 Å². The molecule has 2 aromatic carbocycles. The van der Waals surface area contributed by atoms with E-state index in [1.165, 1.54) is 7.11 Å². The first kappa shape index (κ1) is 26.2. The van der Waals surface area contributed by atoms with Crippen molar-refractivity contribution in [3.05, 3.63) is 59.7 Å². The number of amides is 2. The smallest absolute Gasteiger partial charge is 0.407 e. The molecule has 0 aliphatic heterocycles. The highest BCUT2D eigenvalue weighted by Gasteiger charge is 2.31. The van der Waals surface area contributed by atoms with Crippen LogP contribution in [0.25, 0.3) is 11.1 Å². The number of methoxy groups -OCH3 is 1. The maximum atomic E-state index is 12.8. The Morgan fingerprint density at radius 2 is 1.51 bits per heavy atom. The van der Waals surface area contributed by atoms with Crippen molar-refractivity contribution in [2.45, 2.75) is 51.6 Å². The van der Waals surface area contributed by atoms with E-state index in [4.69, 9.17) is 9.47 Å². The van der Waals surface area contributed by atoms with Crippen LogP contribution >= 0.6 is 0 Å². The summed E-state index contributed by atoms with van der Waals surface area (Å²) in [5.74, 6) is -1.88. The summed E-state index contributed by atoms with van der Waals surface area (Å²) in [5.41, 5.74) is 4.31. The normalized spacial score (nSPS) is 14.4. The van der Waals surface area contributed by atoms with Crippen LogP contribution in [0.5, 0.6) is 0 Å². The van der Waals surface area contributed by atoms with E-state index in [1.54, 1.807) is 0 Å². The van der Waals surface area contributed by atoms with Gasteiger partial charge in [0.1, 0.15) is 18.7 Å². The zero-order valence-corrected chi connectivity index (χ0v) is 20.7. The molecule has 8 nitrogen and oxygen atoms in total. The van der Waals surface area contributed by atoms with Crippen LogP contribution in [0.15, 0.2) is 48.5 Å². The number of hydrogen-bond acceptors (Lipinski definition) is 5. The fourth-order valence-electron chi connectivity index (χ4n) is 4.24. The van der Waals surface area contributed by atoms with Gasteiger partial charge in [0.25, 0.3) is 0 Å². The van der Waals surface area contributed by atoms with Crippen molar-refractivity contribution in [3.8, 4) is 11.1 Å². The van der Waals surface area contributed by atoms with Gasteiger partial charge < -0.3 is 25.2 Å². The molecule has 1 aliphatic carbocycles. The van der Waals surface area contributed by atoms with Crippen LogP contribution in [0.3, 0.4) is 0 Å². The fraction of sp³-hybridized carbons (Fsp3) is 0.444. The number of carbonyl (C=O) groups excluding carboxylic acids is 2. The number of hydrogen-bond donors (Lipinski definition) is 3. The lowest BCUT2D eigenvalue weighted by molar-refractivity contribution is -0.142. The molecule has 3 rings (SSSR count). The third-order valence-electron chi connectivity index (χ3n) is 6.08. The second-order valence-electron chi connectivity index (χ2n) is 9.98. The highest BCUT2D eigenvalue weighted by Crippen LogP contribution is 2.44. The number of nitrogens with one attached hydrogen (secondary N) is 2. The van der Waals surface area contributed by atoms with Gasteiger partial charge in [0, 0.05) is 13.0 Å². The Morgan fingerprint density at radius 3 is 2.03 bits per heavy atom. The molecular formula is C27H34N2O6. The highest BCUT2D eigenvalue weighted by molar-refractivity contribution is 5.89. The van der Waals surface area contributed by atoms with E-state index in [0.717, 1.165) is 22.3 Å². The van der Waals surface area contributed by atoms with Crippen molar-refractivity contribution in [2.24, 2.45) is 5.41 Å². The molecule has 2 amide bonds. The lowest BCUT2D eigenvalue weighted by atomic mass is 9.88. The van der Waals surface area contributed by atoms with E-state index in [-0.39, 0.29) is 31.0 Å². The maximum Gasteiger partial charge on any atom is 0.407 e. The van der Waals surface area contributed by atoms with Crippen molar-refractivity contribution < 1.29 is 29.0 Å². The maximum absolute atomic E-state index is 12.8. The Bertz CT molecular complexity index is 1020. The zero-order valence-electron chi connectivity index (χ0n) is 20.7. The van der Waals surface area contributed by atoms with Crippen LogP contribution in [-0.2, 0) is 19.1 Å². The predicted octanol–water partition coefficient (Wildman–Crippen LogP) is 3.94. The first-order valence-corrected chi connectivity index (χ1v) is 11.7. The molecule has 188 valence electrons. The second-order valence-corrected chi connectivity index (χ2v) is 9.98. The SMILES string of the molecule is COCC(NC(=O)OCC1c2ccccc2-c2ccccc21)C(=O)NC(CCC(C)(C)C)C(=O)O. The second kappa shape index (κ2) is 11.4. The van der Waals surface area contributed by atoms with E-state index in [9.17, 15) is 19.5 Å². The molecule has 0 fully saturated rings. The van der Waals surface area contributed by atoms with E-state index < -0.39 is 30.1 Å². The molecule has 0 aromatic heterocycles. The van der Waals surface area contributed by atoms with Crippen LogP contribution < -0.4 is 10.6 Å². The predicted molar refractivity (Wildman–Crippen MR) is 132 cm³/mol. The average Bonchev–Trinajstić information content (AvgIpc) is 3.13. The molecule has 0 bridgehead atoms. The van der Waals surface area contributed by atoms with Gasteiger partial charge in [-0.2, -0.15) is 0 Å². The molecule has 2 atom stereocenters. The van der Waals surface area contributed by atoms with Gasteiger partial charge in [-0.25, -0.2) is 9.59 Å². The summed E-state index contributed by atoms with van der Waals surface area (Å²) in [5, 5.41) is 14.5. The lowest BCUT2D eigenvalue weighted by Crippen LogP contribution is -2.53. The Balaban J connectivity index is 1.62. The summed E-state index contributed by atoms with van der Waals surface area (Å²) < 4.78 is 10.6. The van der Waals surface area contributed by atoms with Crippen LogP contribution in [0.4, 0.5) is 4.79 Å². The highest BCUT2D eigenvalue weighted by atomic mass is 16.5. The number of aliphatic carboxylic acids is 1. The summed E-state index contributed by atoms with van der Waals surface area (Å²) in [6.45, 7) is 5.98. The first-order valence-electron chi connectivity index (χ1n) is 11.7. The van der Waals surface area contributed by atoms with E-state index in [2.05, 4.69) is 10.6 Å². The van der Waals surface area contributed by atoms with E-state index in [0.29, 0.717) is 6.42 Å². The molecule has 8 heteroatoms. The molecule has 2 unspecified atom stereocenters. The van der Waals surface area contributed by atoms with Gasteiger partial charge in [0.15, 0.2) is 0 Å². The van der Waals surface area contributed by atoms with E-state index in [1.807, 2.05) is 69.3 Å². The average molecular weight is 483 g/mol. The summed E-state index contributed by atoms with van der Waals surface area (Å²) in [6.07, 6.45) is 0.111. The van der Waals surface area contributed by atoms with Gasteiger partial charge >= 0.3 is 12.1 Å². The van der Waals surface area contributed by atoms with Crippen LogP contribution in [0.1, 0.15) is 50.7 Å². The number of ether oxygens (including phenoxy) is 2. The minimum atomic E-state index is -1.13. The third-order valence-corrected chi connectivity index (χ3v) is 6.08. The van der Waals surface area contributed by atoms with Crippen LogP contribution in [0, 0.1) is 5.41 Å². The van der Waals surface area contributed by atoms with Crippen molar-refractivity contribution in [1.29, 1.82) is 0 Å².